The lowest BCUT2D eigenvalue weighted by molar-refractivity contribution is -0.136. The molecule has 1 saturated heterocycles. The van der Waals surface area contributed by atoms with Gasteiger partial charge >= 0.3 is 0 Å². The number of para-hydroxylation sites is 2. The maximum Gasteiger partial charge on any atom is 0.228 e. The third-order valence-electron chi connectivity index (χ3n) is 4.93. The predicted octanol–water partition coefficient (Wildman–Crippen LogP) is 1.48. The number of hydrogen-bond acceptors (Lipinski definition) is 4. The minimum Gasteiger partial charge on any atom is -0.384 e. The van der Waals surface area contributed by atoms with Gasteiger partial charge in [-0.2, -0.15) is 0 Å². The number of aromatic nitrogens is 2. The number of aryl methyl sites for hydroxylation is 1. The quantitative estimate of drug-likeness (QED) is 0.842. The first-order valence-corrected chi connectivity index (χ1v) is 8.56. The van der Waals surface area contributed by atoms with E-state index in [4.69, 9.17) is 4.74 Å². The summed E-state index contributed by atoms with van der Waals surface area (Å²) < 4.78 is 7.48. The van der Waals surface area contributed by atoms with Crippen LogP contribution >= 0.6 is 0 Å². The summed E-state index contributed by atoms with van der Waals surface area (Å²) in [6.45, 7) is 5.52. The zero-order valence-electron chi connectivity index (χ0n) is 14.5. The van der Waals surface area contributed by atoms with E-state index < -0.39 is 5.41 Å². The Hall–Kier alpha value is -1.92. The molecule has 0 spiro atoms. The van der Waals surface area contributed by atoms with Crippen LogP contribution in [-0.2, 0) is 16.1 Å². The first kappa shape index (κ1) is 16.9. The Labute approximate surface area is 142 Å². The van der Waals surface area contributed by atoms with E-state index in [1.54, 1.807) is 7.11 Å². The van der Waals surface area contributed by atoms with Crippen molar-refractivity contribution in [2.45, 2.75) is 26.3 Å². The topological polar surface area (TPSA) is 68.2 Å². The van der Waals surface area contributed by atoms with Gasteiger partial charge in [0.05, 0.1) is 23.1 Å². The van der Waals surface area contributed by atoms with Crippen LogP contribution in [0.25, 0.3) is 11.0 Å². The number of ether oxygens (including phenoxy) is 1. The van der Waals surface area contributed by atoms with Gasteiger partial charge in [0.1, 0.15) is 5.82 Å². The lowest BCUT2D eigenvalue weighted by atomic mass is 9.78. The first-order valence-electron chi connectivity index (χ1n) is 8.56. The van der Waals surface area contributed by atoms with Crippen molar-refractivity contribution in [3.8, 4) is 0 Å². The molecule has 130 valence electrons. The standard InChI is InChI=1S/C18H26N4O2/c1-14-21-15-5-3-4-6-16(15)22(14)12-11-20-17(23)18(13-24-2)7-9-19-10-8-18/h3-6,19H,7-13H2,1-2H3,(H,20,23). The third kappa shape index (κ3) is 3.30. The van der Waals surface area contributed by atoms with Crippen LogP contribution in [0.3, 0.4) is 0 Å². The number of piperidine rings is 1. The van der Waals surface area contributed by atoms with E-state index in [2.05, 4.69) is 26.3 Å². The maximum absolute atomic E-state index is 12.7. The number of benzene rings is 1. The van der Waals surface area contributed by atoms with E-state index in [9.17, 15) is 4.79 Å². The molecule has 6 nitrogen and oxygen atoms in total. The summed E-state index contributed by atoms with van der Waals surface area (Å²) in [5, 5.41) is 6.42. The zero-order chi connectivity index (χ0) is 17.0. The molecular formula is C18H26N4O2. The molecule has 1 aromatic carbocycles. The van der Waals surface area contributed by atoms with Crippen LogP contribution < -0.4 is 10.6 Å². The Morgan fingerprint density at radius 3 is 2.88 bits per heavy atom. The van der Waals surface area contributed by atoms with E-state index in [1.807, 2.05) is 25.1 Å². The number of methoxy groups -OCH3 is 1. The van der Waals surface area contributed by atoms with E-state index in [0.29, 0.717) is 13.2 Å². The van der Waals surface area contributed by atoms with Crippen LogP contribution in [0.5, 0.6) is 0 Å². The number of rotatable bonds is 6. The fraction of sp³-hybridized carbons (Fsp3) is 0.556. The van der Waals surface area contributed by atoms with Crippen LogP contribution in [0.1, 0.15) is 18.7 Å². The van der Waals surface area contributed by atoms with E-state index in [1.165, 1.54) is 0 Å². The molecule has 0 radical (unpaired) electrons. The van der Waals surface area contributed by atoms with Crippen LogP contribution in [0.4, 0.5) is 0 Å². The highest BCUT2D eigenvalue weighted by Crippen LogP contribution is 2.29. The first-order chi connectivity index (χ1) is 11.7. The number of fused-ring (bicyclic) bond motifs is 1. The van der Waals surface area contributed by atoms with Crippen molar-refractivity contribution in [1.82, 2.24) is 20.2 Å². The molecule has 1 aliphatic heterocycles. The highest BCUT2D eigenvalue weighted by atomic mass is 16.5. The fourth-order valence-electron chi connectivity index (χ4n) is 3.57. The molecular weight excluding hydrogens is 304 g/mol. The molecule has 0 atom stereocenters. The Kier molecular flexibility index (Phi) is 5.16. The maximum atomic E-state index is 12.7. The minimum absolute atomic E-state index is 0.105. The molecule has 2 aromatic rings. The Morgan fingerprint density at radius 1 is 1.38 bits per heavy atom. The van der Waals surface area contributed by atoms with Crippen LogP contribution in [-0.4, -0.2) is 48.8 Å². The summed E-state index contributed by atoms with van der Waals surface area (Å²) in [5.74, 6) is 1.08. The summed E-state index contributed by atoms with van der Waals surface area (Å²) in [7, 11) is 1.66. The van der Waals surface area contributed by atoms with Crippen molar-refractivity contribution in [2.24, 2.45) is 5.41 Å². The molecule has 3 rings (SSSR count). The van der Waals surface area contributed by atoms with Crippen molar-refractivity contribution in [3.05, 3.63) is 30.1 Å². The molecule has 1 aromatic heterocycles. The van der Waals surface area contributed by atoms with Gasteiger partial charge in [-0.05, 0) is 45.0 Å². The molecule has 24 heavy (non-hydrogen) atoms. The molecule has 1 fully saturated rings. The minimum atomic E-state index is -0.397. The molecule has 2 heterocycles. The van der Waals surface area contributed by atoms with Gasteiger partial charge < -0.3 is 19.9 Å². The summed E-state index contributed by atoms with van der Waals surface area (Å²) in [5.41, 5.74) is 1.71. The SMILES string of the molecule is COCC1(C(=O)NCCn2c(C)nc3ccccc32)CCNCC1. The number of nitrogens with one attached hydrogen (secondary N) is 2. The number of carbonyl (C=O) groups excluding carboxylic acids is 1. The molecule has 6 heteroatoms. The average molecular weight is 330 g/mol. The van der Waals surface area contributed by atoms with E-state index in [0.717, 1.165) is 49.3 Å². The van der Waals surface area contributed by atoms with Gasteiger partial charge in [0, 0.05) is 20.2 Å². The molecule has 0 bridgehead atoms. The van der Waals surface area contributed by atoms with Crippen molar-refractivity contribution in [2.75, 3.05) is 33.4 Å². The van der Waals surface area contributed by atoms with Crippen LogP contribution in [0, 0.1) is 12.3 Å². The van der Waals surface area contributed by atoms with Gasteiger partial charge in [-0.3, -0.25) is 4.79 Å². The van der Waals surface area contributed by atoms with Crippen molar-refractivity contribution < 1.29 is 9.53 Å². The fourth-order valence-corrected chi connectivity index (χ4v) is 3.57. The van der Waals surface area contributed by atoms with E-state index >= 15 is 0 Å². The Morgan fingerprint density at radius 2 is 2.12 bits per heavy atom. The monoisotopic (exact) mass is 330 g/mol. The van der Waals surface area contributed by atoms with Crippen LogP contribution in [0.15, 0.2) is 24.3 Å². The lowest BCUT2D eigenvalue weighted by Gasteiger charge is -2.35. The second kappa shape index (κ2) is 7.32. The molecule has 1 amide bonds. The highest BCUT2D eigenvalue weighted by Gasteiger charge is 2.39. The summed E-state index contributed by atoms with van der Waals surface area (Å²) in [6.07, 6.45) is 1.64. The third-order valence-corrected chi connectivity index (χ3v) is 4.93. The Balaban J connectivity index is 1.64. The van der Waals surface area contributed by atoms with Crippen molar-refractivity contribution in [3.63, 3.8) is 0 Å². The zero-order valence-corrected chi connectivity index (χ0v) is 14.5. The summed E-state index contributed by atoms with van der Waals surface area (Å²) >= 11 is 0. The average Bonchev–Trinajstić information content (AvgIpc) is 2.91. The van der Waals surface area contributed by atoms with Gasteiger partial charge in [0.2, 0.25) is 5.91 Å². The smallest absolute Gasteiger partial charge is 0.228 e. The van der Waals surface area contributed by atoms with Crippen molar-refractivity contribution >= 4 is 16.9 Å². The second-order valence-corrected chi connectivity index (χ2v) is 6.52. The van der Waals surface area contributed by atoms with Gasteiger partial charge in [-0.25, -0.2) is 4.98 Å². The van der Waals surface area contributed by atoms with Gasteiger partial charge in [-0.1, -0.05) is 12.1 Å². The normalized spacial score (nSPS) is 17.1. The molecule has 1 aliphatic rings. The van der Waals surface area contributed by atoms with Crippen molar-refractivity contribution in [1.29, 1.82) is 0 Å². The lowest BCUT2D eigenvalue weighted by Crippen LogP contribution is -2.50. The number of hydrogen-bond donors (Lipinski definition) is 2. The number of nitrogens with zero attached hydrogens (tertiary/aromatic N) is 2. The number of amides is 1. The Bertz CT molecular complexity index is 699. The van der Waals surface area contributed by atoms with Gasteiger partial charge in [0.25, 0.3) is 0 Å². The highest BCUT2D eigenvalue weighted by molar-refractivity contribution is 5.83. The largest absolute Gasteiger partial charge is 0.384 e. The number of carbonyl (C=O) groups is 1. The second-order valence-electron chi connectivity index (χ2n) is 6.52. The molecule has 0 aliphatic carbocycles. The predicted molar refractivity (Wildman–Crippen MR) is 93.9 cm³/mol. The van der Waals surface area contributed by atoms with Gasteiger partial charge in [-0.15, -0.1) is 0 Å². The van der Waals surface area contributed by atoms with Crippen LogP contribution in [0.2, 0.25) is 0 Å². The molecule has 0 saturated carbocycles. The van der Waals surface area contributed by atoms with E-state index in [-0.39, 0.29) is 5.91 Å². The number of imidazole rings is 1. The summed E-state index contributed by atoms with van der Waals surface area (Å²) in [4.78, 5) is 17.3. The van der Waals surface area contributed by atoms with Gasteiger partial charge in [0.15, 0.2) is 0 Å². The molecule has 2 N–H and O–H groups in total. The summed E-state index contributed by atoms with van der Waals surface area (Å²) in [6, 6.07) is 8.09. The molecule has 0 unspecified atom stereocenters.